The Bertz CT molecular complexity index is 826. The molecule has 138 valence electrons. The maximum absolute atomic E-state index is 12.4. The first kappa shape index (κ1) is 19.1. The van der Waals surface area contributed by atoms with E-state index in [2.05, 4.69) is 4.98 Å². The molecule has 0 aliphatic heterocycles. The molecule has 9 heteroatoms. The molecule has 0 unspecified atom stereocenters. The fourth-order valence-electron chi connectivity index (χ4n) is 2.41. The molecule has 0 aliphatic rings. The third-order valence-corrected chi connectivity index (χ3v) is 3.58. The molecule has 1 aromatic carbocycles. The molecule has 2 aromatic rings. The molecule has 0 N–H and O–H groups in total. The average Bonchev–Trinajstić information content (AvgIpc) is 2.92. The summed E-state index contributed by atoms with van der Waals surface area (Å²) in [6.45, 7) is 5.45. The van der Waals surface area contributed by atoms with Gasteiger partial charge in [0.15, 0.2) is 11.4 Å². The van der Waals surface area contributed by atoms with Gasteiger partial charge in [0.05, 0.1) is 18.1 Å². The summed E-state index contributed by atoms with van der Waals surface area (Å²) in [6.07, 6.45) is 0. The number of non-ortho nitro benzene ring substituents is 1. The van der Waals surface area contributed by atoms with Crippen LogP contribution in [0.15, 0.2) is 24.3 Å². The van der Waals surface area contributed by atoms with Crippen LogP contribution in [0.25, 0.3) is 0 Å². The first-order valence-corrected chi connectivity index (χ1v) is 8.03. The minimum atomic E-state index is -0.707. The van der Waals surface area contributed by atoms with Crippen molar-refractivity contribution in [3.63, 3.8) is 0 Å². The van der Waals surface area contributed by atoms with Crippen molar-refractivity contribution in [1.82, 2.24) is 9.55 Å². The van der Waals surface area contributed by atoms with Crippen LogP contribution in [0.5, 0.6) is 0 Å². The summed E-state index contributed by atoms with van der Waals surface area (Å²) in [6, 6.07) is 5.91. The highest BCUT2D eigenvalue weighted by Gasteiger charge is 2.28. The zero-order valence-corrected chi connectivity index (χ0v) is 14.7. The highest BCUT2D eigenvalue weighted by atomic mass is 16.6. The minimum Gasteiger partial charge on any atom is -0.461 e. The molecular formula is C17H19N3O6. The second kappa shape index (κ2) is 8.24. The van der Waals surface area contributed by atoms with Gasteiger partial charge >= 0.3 is 11.9 Å². The summed E-state index contributed by atoms with van der Waals surface area (Å²) in [5.74, 6) is -0.964. The standard InChI is InChI=1S/C17H19N3O6/c1-4-25-16(21)14-15(17(22)26-5-2)19(11(3)18-14)10-12-6-8-13(9-7-12)20(23)24/h6-9H,4-5,10H2,1-3H3. The third-order valence-electron chi connectivity index (χ3n) is 3.58. The van der Waals surface area contributed by atoms with Crippen LogP contribution in [-0.4, -0.2) is 39.6 Å². The predicted molar refractivity (Wildman–Crippen MR) is 91.1 cm³/mol. The van der Waals surface area contributed by atoms with Crippen LogP contribution in [0.2, 0.25) is 0 Å². The molecule has 0 aliphatic carbocycles. The van der Waals surface area contributed by atoms with Crippen molar-refractivity contribution in [1.29, 1.82) is 0 Å². The molecular weight excluding hydrogens is 342 g/mol. The van der Waals surface area contributed by atoms with Crippen molar-refractivity contribution in [2.75, 3.05) is 13.2 Å². The smallest absolute Gasteiger partial charge is 0.359 e. The largest absolute Gasteiger partial charge is 0.461 e. The van der Waals surface area contributed by atoms with Gasteiger partial charge in [-0.1, -0.05) is 12.1 Å². The van der Waals surface area contributed by atoms with E-state index < -0.39 is 16.9 Å². The zero-order chi connectivity index (χ0) is 19.3. The van der Waals surface area contributed by atoms with Crippen LogP contribution in [0.4, 0.5) is 5.69 Å². The number of benzene rings is 1. The number of rotatable bonds is 7. The van der Waals surface area contributed by atoms with Gasteiger partial charge in [-0.25, -0.2) is 14.6 Å². The number of aromatic nitrogens is 2. The number of ether oxygens (including phenoxy) is 2. The Kier molecular flexibility index (Phi) is 6.05. The quantitative estimate of drug-likeness (QED) is 0.423. The molecule has 0 saturated heterocycles. The number of nitro groups is 1. The van der Waals surface area contributed by atoms with Gasteiger partial charge in [0.1, 0.15) is 5.82 Å². The topological polar surface area (TPSA) is 114 Å². The molecule has 2 rings (SSSR count). The first-order chi connectivity index (χ1) is 12.4. The Morgan fingerprint density at radius 1 is 1.12 bits per heavy atom. The average molecular weight is 361 g/mol. The lowest BCUT2D eigenvalue weighted by Gasteiger charge is -2.10. The summed E-state index contributed by atoms with van der Waals surface area (Å²) in [5, 5.41) is 10.8. The van der Waals surface area contributed by atoms with E-state index in [0.29, 0.717) is 11.4 Å². The van der Waals surface area contributed by atoms with E-state index in [-0.39, 0.29) is 36.8 Å². The Hall–Kier alpha value is -3.23. The van der Waals surface area contributed by atoms with Crippen LogP contribution in [-0.2, 0) is 16.0 Å². The van der Waals surface area contributed by atoms with Crippen molar-refractivity contribution in [2.45, 2.75) is 27.3 Å². The number of hydrogen-bond acceptors (Lipinski definition) is 7. The predicted octanol–water partition coefficient (Wildman–Crippen LogP) is 2.50. The summed E-state index contributed by atoms with van der Waals surface area (Å²) >= 11 is 0. The van der Waals surface area contributed by atoms with Crippen LogP contribution < -0.4 is 0 Å². The molecule has 0 atom stereocenters. The van der Waals surface area contributed by atoms with E-state index in [9.17, 15) is 19.7 Å². The van der Waals surface area contributed by atoms with Crippen LogP contribution in [0.3, 0.4) is 0 Å². The number of aryl methyl sites for hydroxylation is 1. The van der Waals surface area contributed by atoms with Gasteiger partial charge in [-0.15, -0.1) is 0 Å². The molecule has 0 amide bonds. The lowest BCUT2D eigenvalue weighted by molar-refractivity contribution is -0.384. The first-order valence-electron chi connectivity index (χ1n) is 8.03. The van der Waals surface area contributed by atoms with E-state index in [1.807, 2.05) is 0 Å². The van der Waals surface area contributed by atoms with Gasteiger partial charge in [0.25, 0.3) is 5.69 Å². The van der Waals surface area contributed by atoms with E-state index in [1.165, 1.54) is 16.7 Å². The molecule has 0 radical (unpaired) electrons. The highest BCUT2D eigenvalue weighted by molar-refractivity contribution is 6.00. The van der Waals surface area contributed by atoms with Crippen LogP contribution in [0.1, 0.15) is 46.2 Å². The van der Waals surface area contributed by atoms with Crippen molar-refractivity contribution in [2.24, 2.45) is 0 Å². The Balaban J connectivity index is 2.44. The number of nitro benzene ring substituents is 1. The number of carbonyl (C=O) groups is 2. The molecule has 0 saturated carbocycles. The summed E-state index contributed by atoms with van der Waals surface area (Å²) in [4.78, 5) is 38.9. The van der Waals surface area contributed by atoms with E-state index in [1.54, 1.807) is 32.9 Å². The molecule has 9 nitrogen and oxygen atoms in total. The van der Waals surface area contributed by atoms with E-state index in [4.69, 9.17) is 9.47 Å². The van der Waals surface area contributed by atoms with Crippen LogP contribution in [0, 0.1) is 17.0 Å². The fourth-order valence-corrected chi connectivity index (χ4v) is 2.41. The normalized spacial score (nSPS) is 10.4. The van der Waals surface area contributed by atoms with Gasteiger partial charge in [-0.05, 0) is 26.3 Å². The maximum Gasteiger partial charge on any atom is 0.359 e. The molecule has 1 aromatic heterocycles. The Morgan fingerprint density at radius 2 is 1.69 bits per heavy atom. The summed E-state index contributed by atoms with van der Waals surface area (Å²) in [5.41, 5.74) is 0.567. The van der Waals surface area contributed by atoms with Crippen LogP contribution >= 0.6 is 0 Å². The maximum atomic E-state index is 12.4. The number of imidazole rings is 1. The van der Waals surface area contributed by atoms with Crippen molar-refractivity contribution >= 4 is 17.6 Å². The Morgan fingerprint density at radius 3 is 2.23 bits per heavy atom. The molecule has 0 bridgehead atoms. The molecule has 26 heavy (non-hydrogen) atoms. The number of nitrogens with zero attached hydrogens (tertiary/aromatic N) is 3. The second-order valence-electron chi connectivity index (χ2n) is 5.31. The van der Waals surface area contributed by atoms with Crippen molar-refractivity contribution in [3.05, 3.63) is 57.2 Å². The summed E-state index contributed by atoms with van der Waals surface area (Å²) < 4.78 is 11.5. The molecule has 1 heterocycles. The van der Waals surface area contributed by atoms with Gasteiger partial charge in [0.2, 0.25) is 0 Å². The monoisotopic (exact) mass is 361 g/mol. The zero-order valence-electron chi connectivity index (χ0n) is 14.7. The van der Waals surface area contributed by atoms with Gasteiger partial charge < -0.3 is 14.0 Å². The fraction of sp³-hybridized carbons (Fsp3) is 0.353. The molecule has 0 fully saturated rings. The van der Waals surface area contributed by atoms with Gasteiger partial charge in [-0.2, -0.15) is 0 Å². The number of hydrogen-bond donors (Lipinski definition) is 0. The van der Waals surface area contributed by atoms with E-state index >= 15 is 0 Å². The summed E-state index contributed by atoms with van der Waals surface area (Å²) in [7, 11) is 0. The van der Waals surface area contributed by atoms with Crippen molar-refractivity contribution in [3.8, 4) is 0 Å². The van der Waals surface area contributed by atoms with Gasteiger partial charge in [0, 0.05) is 18.7 Å². The van der Waals surface area contributed by atoms with Crippen molar-refractivity contribution < 1.29 is 24.0 Å². The highest BCUT2D eigenvalue weighted by Crippen LogP contribution is 2.19. The molecule has 0 spiro atoms. The third kappa shape index (κ3) is 4.05. The SMILES string of the molecule is CCOC(=O)c1nc(C)n(Cc2ccc([N+](=O)[O-])cc2)c1C(=O)OCC. The number of esters is 2. The van der Waals surface area contributed by atoms with Gasteiger partial charge in [-0.3, -0.25) is 10.1 Å². The minimum absolute atomic E-state index is 0.00107. The Labute approximate surface area is 149 Å². The van der Waals surface area contributed by atoms with E-state index in [0.717, 1.165) is 0 Å². The second-order valence-corrected chi connectivity index (χ2v) is 5.31. The lowest BCUT2D eigenvalue weighted by atomic mass is 10.2. The lowest BCUT2D eigenvalue weighted by Crippen LogP contribution is -2.18. The number of carbonyl (C=O) groups excluding carboxylic acids is 2.